The lowest BCUT2D eigenvalue weighted by atomic mass is 10.1. The molecule has 6 nitrogen and oxygen atoms in total. The highest BCUT2D eigenvalue weighted by Crippen LogP contribution is 2.33. The topological polar surface area (TPSA) is 80.3 Å². The van der Waals surface area contributed by atoms with E-state index in [2.05, 4.69) is 9.72 Å². The Bertz CT molecular complexity index is 799. The fourth-order valence-electron chi connectivity index (χ4n) is 2.06. The molecule has 0 aliphatic heterocycles. The van der Waals surface area contributed by atoms with Crippen molar-refractivity contribution in [1.82, 2.24) is 10.3 Å². The normalized spacial score (nSPS) is 13.4. The molecule has 138 valence electrons. The number of hydrogen-bond donors (Lipinski definition) is 2. The molecule has 1 heterocycles. The van der Waals surface area contributed by atoms with Crippen LogP contribution in [-0.2, 0) is 9.53 Å². The molecule has 2 N–H and O–H groups in total. The fourth-order valence-corrected chi connectivity index (χ4v) is 2.06. The SMILES string of the molecule is COC(=O)C(NC(=O)c1ccccc1F)(Nc1ccccn1)C(F)(F)F. The molecule has 0 bridgehead atoms. The molecule has 0 saturated carbocycles. The van der Waals surface area contributed by atoms with E-state index in [0.717, 1.165) is 25.3 Å². The number of amides is 1. The maximum absolute atomic E-state index is 13.8. The Hall–Kier alpha value is -3.17. The largest absolute Gasteiger partial charge is 0.466 e. The first-order chi connectivity index (χ1) is 12.2. The number of hydrogen-bond acceptors (Lipinski definition) is 5. The van der Waals surface area contributed by atoms with Crippen molar-refractivity contribution in [1.29, 1.82) is 0 Å². The van der Waals surface area contributed by atoms with Gasteiger partial charge < -0.3 is 15.4 Å². The Labute approximate surface area is 145 Å². The number of pyridine rings is 1. The van der Waals surface area contributed by atoms with E-state index in [-0.39, 0.29) is 5.82 Å². The predicted octanol–water partition coefficient (Wildman–Crippen LogP) is 2.49. The Morgan fingerprint density at radius 3 is 2.27 bits per heavy atom. The van der Waals surface area contributed by atoms with Crippen LogP contribution >= 0.6 is 0 Å². The van der Waals surface area contributed by atoms with Gasteiger partial charge in [0.1, 0.15) is 11.6 Å². The zero-order valence-corrected chi connectivity index (χ0v) is 13.3. The van der Waals surface area contributed by atoms with Crippen molar-refractivity contribution < 1.29 is 31.9 Å². The van der Waals surface area contributed by atoms with E-state index < -0.39 is 35.1 Å². The van der Waals surface area contributed by atoms with E-state index in [0.29, 0.717) is 0 Å². The summed E-state index contributed by atoms with van der Waals surface area (Å²) in [5, 5.41) is 3.34. The van der Waals surface area contributed by atoms with Crippen LogP contribution in [0.2, 0.25) is 0 Å². The number of nitrogens with zero attached hydrogens (tertiary/aromatic N) is 1. The minimum absolute atomic E-state index is 0.357. The molecule has 1 aromatic carbocycles. The molecule has 0 radical (unpaired) electrons. The molecule has 2 rings (SSSR count). The lowest BCUT2D eigenvalue weighted by molar-refractivity contribution is -0.203. The summed E-state index contributed by atoms with van der Waals surface area (Å²) >= 11 is 0. The molecular formula is C16H13F4N3O3. The number of ether oxygens (including phenoxy) is 1. The maximum atomic E-state index is 13.8. The van der Waals surface area contributed by atoms with Crippen LogP contribution in [-0.4, -0.2) is 35.8 Å². The third kappa shape index (κ3) is 3.73. The van der Waals surface area contributed by atoms with Crippen molar-refractivity contribution in [3.8, 4) is 0 Å². The number of esters is 1. The summed E-state index contributed by atoms with van der Waals surface area (Å²) in [4.78, 5) is 27.9. The van der Waals surface area contributed by atoms with Gasteiger partial charge in [-0.2, -0.15) is 13.2 Å². The van der Waals surface area contributed by atoms with Crippen molar-refractivity contribution in [2.75, 3.05) is 12.4 Å². The van der Waals surface area contributed by atoms with Gasteiger partial charge in [-0.1, -0.05) is 18.2 Å². The third-order valence-electron chi connectivity index (χ3n) is 3.32. The number of carbonyl (C=O) groups excluding carboxylic acids is 2. The second-order valence-electron chi connectivity index (χ2n) is 5.01. The molecule has 10 heteroatoms. The van der Waals surface area contributed by atoms with E-state index >= 15 is 0 Å². The van der Waals surface area contributed by atoms with Gasteiger partial charge in [-0.05, 0) is 24.3 Å². The molecule has 1 amide bonds. The van der Waals surface area contributed by atoms with Crippen LogP contribution in [0.3, 0.4) is 0 Å². The van der Waals surface area contributed by atoms with Crippen molar-refractivity contribution in [2.45, 2.75) is 11.8 Å². The van der Waals surface area contributed by atoms with Crippen molar-refractivity contribution in [2.24, 2.45) is 0 Å². The summed E-state index contributed by atoms with van der Waals surface area (Å²) in [6.45, 7) is 0. The van der Waals surface area contributed by atoms with E-state index in [1.807, 2.05) is 5.32 Å². The number of methoxy groups -OCH3 is 1. The lowest BCUT2D eigenvalue weighted by Gasteiger charge is -2.34. The average Bonchev–Trinajstić information content (AvgIpc) is 2.60. The van der Waals surface area contributed by atoms with Gasteiger partial charge in [-0.15, -0.1) is 0 Å². The fraction of sp³-hybridized carbons (Fsp3) is 0.188. The zero-order valence-electron chi connectivity index (χ0n) is 13.3. The highest BCUT2D eigenvalue weighted by molar-refractivity contribution is 5.99. The number of rotatable bonds is 5. The number of alkyl halides is 3. The van der Waals surface area contributed by atoms with Crippen LogP contribution in [0.15, 0.2) is 48.7 Å². The van der Waals surface area contributed by atoms with Crippen LogP contribution in [0, 0.1) is 5.82 Å². The Kier molecular flexibility index (Phi) is 5.44. The van der Waals surface area contributed by atoms with Crippen LogP contribution in [0.5, 0.6) is 0 Å². The first-order valence-corrected chi connectivity index (χ1v) is 7.12. The van der Waals surface area contributed by atoms with Crippen LogP contribution < -0.4 is 10.6 Å². The molecule has 1 aromatic heterocycles. The van der Waals surface area contributed by atoms with Crippen molar-refractivity contribution >= 4 is 17.7 Å². The van der Waals surface area contributed by atoms with E-state index in [1.165, 1.54) is 35.8 Å². The van der Waals surface area contributed by atoms with Gasteiger partial charge in [0, 0.05) is 6.20 Å². The molecule has 0 saturated heterocycles. The van der Waals surface area contributed by atoms with Crippen molar-refractivity contribution in [3.63, 3.8) is 0 Å². The van der Waals surface area contributed by atoms with Gasteiger partial charge in [0.05, 0.1) is 12.7 Å². The maximum Gasteiger partial charge on any atom is 0.441 e. The molecule has 1 unspecified atom stereocenters. The standard InChI is InChI=1S/C16H13F4N3O3/c1-26-14(25)15(16(18,19)20,22-12-8-4-5-9-21-12)23-13(24)10-6-2-3-7-11(10)17/h2-9H,1H3,(H,21,22)(H,23,24). The predicted molar refractivity (Wildman–Crippen MR) is 82.5 cm³/mol. The second-order valence-corrected chi connectivity index (χ2v) is 5.01. The minimum atomic E-state index is -5.33. The number of aromatic nitrogens is 1. The number of benzene rings is 1. The molecule has 2 aromatic rings. The van der Waals surface area contributed by atoms with E-state index in [4.69, 9.17) is 0 Å². The van der Waals surface area contributed by atoms with Gasteiger partial charge in [0.25, 0.3) is 5.91 Å². The van der Waals surface area contributed by atoms with E-state index in [9.17, 15) is 27.2 Å². The van der Waals surface area contributed by atoms with Gasteiger partial charge >= 0.3 is 17.8 Å². The summed E-state index contributed by atoms with van der Waals surface area (Å²) in [6, 6.07) is 8.35. The van der Waals surface area contributed by atoms with Gasteiger partial charge in [-0.3, -0.25) is 4.79 Å². The number of halogens is 4. The summed E-state index contributed by atoms with van der Waals surface area (Å²) < 4.78 is 59.3. The summed E-state index contributed by atoms with van der Waals surface area (Å²) in [5.41, 5.74) is -4.34. The summed E-state index contributed by atoms with van der Waals surface area (Å²) in [7, 11) is 0.720. The molecule has 26 heavy (non-hydrogen) atoms. The van der Waals surface area contributed by atoms with Crippen molar-refractivity contribution in [3.05, 3.63) is 60.0 Å². The highest BCUT2D eigenvalue weighted by atomic mass is 19.4. The number of carbonyl (C=O) groups is 2. The first kappa shape index (κ1) is 19.2. The number of nitrogens with one attached hydrogen (secondary N) is 2. The molecule has 0 spiro atoms. The first-order valence-electron chi connectivity index (χ1n) is 7.12. The highest BCUT2D eigenvalue weighted by Gasteiger charge is 2.63. The smallest absolute Gasteiger partial charge is 0.441 e. The zero-order chi connectivity index (χ0) is 19.4. The second kappa shape index (κ2) is 7.38. The molecular weight excluding hydrogens is 358 g/mol. The third-order valence-corrected chi connectivity index (χ3v) is 3.32. The van der Waals surface area contributed by atoms with Gasteiger partial charge in [0.2, 0.25) is 0 Å². The molecule has 0 fully saturated rings. The van der Waals surface area contributed by atoms with Crippen LogP contribution in [0.25, 0.3) is 0 Å². The van der Waals surface area contributed by atoms with E-state index in [1.54, 1.807) is 0 Å². The molecule has 1 atom stereocenters. The summed E-state index contributed by atoms with van der Waals surface area (Å²) in [6.07, 6.45) is -4.15. The minimum Gasteiger partial charge on any atom is -0.466 e. The molecule has 0 aliphatic rings. The Morgan fingerprint density at radius 1 is 1.08 bits per heavy atom. The Morgan fingerprint density at radius 2 is 1.73 bits per heavy atom. The van der Waals surface area contributed by atoms with Crippen LogP contribution in [0.4, 0.5) is 23.4 Å². The van der Waals surface area contributed by atoms with Gasteiger partial charge in [-0.25, -0.2) is 14.2 Å². The quantitative estimate of drug-likeness (QED) is 0.480. The van der Waals surface area contributed by atoms with Gasteiger partial charge in [0.15, 0.2) is 0 Å². The van der Waals surface area contributed by atoms with Crippen LogP contribution in [0.1, 0.15) is 10.4 Å². The summed E-state index contributed by atoms with van der Waals surface area (Å²) in [5.74, 6) is -4.72. The average molecular weight is 371 g/mol. The lowest BCUT2D eigenvalue weighted by Crippen LogP contribution is -2.69. The molecule has 0 aliphatic carbocycles. The number of anilines is 1. The Balaban J connectivity index is 2.50. The monoisotopic (exact) mass is 371 g/mol.